The maximum absolute atomic E-state index is 9.85. The van der Waals surface area contributed by atoms with E-state index in [-0.39, 0.29) is 12.6 Å². The van der Waals surface area contributed by atoms with Gasteiger partial charge in [0, 0.05) is 6.54 Å². The summed E-state index contributed by atoms with van der Waals surface area (Å²) in [6.07, 6.45) is -0.650. The van der Waals surface area contributed by atoms with E-state index in [0.717, 1.165) is 11.1 Å². The fourth-order valence-corrected chi connectivity index (χ4v) is 2.10. The van der Waals surface area contributed by atoms with Gasteiger partial charge in [0.05, 0.1) is 24.3 Å². The first-order valence-corrected chi connectivity index (χ1v) is 5.82. The van der Waals surface area contributed by atoms with Crippen molar-refractivity contribution in [3.63, 3.8) is 0 Å². The first-order chi connectivity index (χ1) is 8.04. The number of ether oxygens (including phenoxy) is 1. The fourth-order valence-electron chi connectivity index (χ4n) is 1.85. The molecule has 0 aliphatic rings. The van der Waals surface area contributed by atoms with Crippen LogP contribution in [0, 0.1) is 6.92 Å². The number of halogens is 1. The molecule has 96 valence electrons. The summed E-state index contributed by atoms with van der Waals surface area (Å²) in [6.45, 7) is 2.14. The molecule has 0 fully saturated rings. The van der Waals surface area contributed by atoms with Gasteiger partial charge in [0.2, 0.25) is 0 Å². The van der Waals surface area contributed by atoms with Gasteiger partial charge in [0.1, 0.15) is 5.75 Å². The van der Waals surface area contributed by atoms with E-state index in [1.165, 1.54) is 0 Å². The number of rotatable bonds is 5. The van der Waals surface area contributed by atoms with Crippen LogP contribution in [-0.4, -0.2) is 31.9 Å². The van der Waals surface area contributed by atoms with Crippen molar-refractivity contribution >= 4 is 11.6 Å². The van der Waals surface area contributed by atoms with E-state index < -0.39 is 6.10 Å². The second-order valence-corrected chi connectivity index (χ2v) is 4.32. The zero-order valence-electron chi connectivity index (χ0n) is 10.3. The third-order valence-electron chi connectivity index (χ3n) is 2.81. The molecule has 0 bridgehead atoms. The Morgan fingerprint density at radius 3 is 2.65 bits per heavy atom. The number of aryl methyl sites for hydroxylation is 1. The molecule has 0 saturated carbocycles. The third kappa shape index (κ3) is 3.10. The Morgan fingerprint density at radius 1 is 1.53 bits per heavy atom. The maximum atomic E-state index is 9.85. The molecule has 2 atom stereocenters. The molecule has 0 aliphatic carbocycles. The predicted octanol–water partition coefficient (Wildman–Crippen LogP) is 1.24. The number of likely N-dealkylation sites (N-methyl/N-ethyl adjacent to an activating group) is 1. The van der Waals surface area contributed by atoms with Crippen LogP contribution in [-0.2, 0) is 0 Å². The van der Waals surface area contributed by atoms with Crippen molar-refractivity contribution in [1.29, 1.82) is 0 Å². The van der Waals surface area contributed by atoms with Crippen LogP contribution in [0.3, 0.4) is 0 Å². The predicted molar refractivity (Wildman–Crippen MR) is 69.6 cm³/mol. The molecule has 4 N–H and O–H groups in total. The van der Waals surface area contributed by atoms with Gasteiger partial charge in [-0.05, 0) is 37.2 Å². The molecule has 0 aliphatic heterocycles. The number of hydrogen-bond acceptors (Lipinski definition) is 4. The Labute approximate surface area is 107 Å². The van der Waals surface area contributed by atoms with Gasteiger partial charge in [0.25, 0.3) is 0 Å². The minimum atomic E-state index is -0.650. The van der Waals surface area contributed by atoms with E-state index in [1.54, 1.807) is 20.2 Å². The van der Waals surface area contributed by atoms with E-state index in [2.05, 4.69) is 5.32 Å². The molecule has 1 aromatic carbocycles. The number of nitrogens with two attached hydrogens (primary N) is 1. The number of aliphatic hydroxyl groups is 1. The summed E-state index contributed by atoms with van der Waals surface area (Å²) in [5.74, 6) is 0.630. The number of hydrogen-bond donors (Lipinski definition) is 3. The van der Waals surface area contributed by atoms with Crippen LogP contribution < -0.4 is 15.8 Å². The molecule has 5 heteroatoms. The number of nitrogens with one attached hydrogen (secondary N) is 1. The first-order valence-electron chi connectivity index (χ1n) is 5.44. The number of benzene rings is 1. The van der Waals surface area contributed by atoms with Crippen molar-refractivity contribution in [3.8, 4) is 5.75 Å². The maximum Gasteiger partial charge on any atom is 0.137 e. The number of methoxy groups -OCH3 is 1. The molecule has 0 heterocycles. The molecule has 4 nitrogen and oxygen atoms in total. The fraction of sp³-hybridized carbons (Fsp3) is 0.500. The zero-order chi connectivity index (χ0) is 13.0. The summed E-state index contributed by atoms with van der Waals surface area (Å²) in [7, 11) is 3.35. The van der Waals surface area contributed by atoms with Crippen LogP contribution in [0.2, 0.25) is 5.02 Å². The molecule has 0 aromatic heterocycles. The van der Waals surface area contributed by atoms with Crippen LogP contribution >= 0.6 is 11.6 Å². The summed E-state index contributed by atoms with van der Waals surface area (Å²) >= 11 is 6.08. The molecular formula is C12H19ClN2O2. The minimum absolute atomic E-state index is 0.189. The third-order valence-corrected chi connectivity index (χ3v) is 3.11. The Hall–Kier alpha value is -0.810. The van der Waals surface area contributed by atoms with E-state index in [4.69, 9.17) is 22.1 Å². The van der Waals surface area contributed by atoms with Gasteiger partial charge in [-0.15, -0.1) is 0 Å². The van der Waals surface area contributed by atoms with Crippen LogP contribution in [0.4, 0.5) is 0 Å². The van der Waals surface area contributed by atoms with Crippen LogP contribution in [0.5, 0.6) is 5.75 Å². The quantitative estimate of drug-likeness (QED) is 0.743. The molecule has 0 saturated heterocycles. The van der Waals surface area contributed by atoms with Crippen molar-refractivity contribution in [2.45, 2.75) is 19.1 Å². The van der Waals surface area contributed by atoms with Crippen molar-refractivity contribution in [2.75, 3.05) is 20.7 Å². The summed E-state index contributed by atoms with van der Waals surface area (Å²) in [6, 6.07) is 3.42. The van der Waals surface area contributed by atoms with Crippen LogP contribution in [0.1, 0.15) is 17.2 Å². The van der Waals surface area contributed by atoms with Crippen molar-refractivity contribution in [1.82, 2.24) is 5.32 Å². The van der Waals surface area contributed by atoms with Crippen LogP contribution in [0.25, 0.3) is 0 Å². The lowest BCUT2D eigenvalue weighted by atomic mass is 9.96. The average molecular weight is 259 g/mol. The number of aliphatic hydroxyl groups excluding tert-OH is 1. The van der Waals surface area contributed by atoms with Crippen molar-refractivity contribution in [2.24, 2.45) is 5.73 Å². The van der Waals surface area contributed by atoms with E-state index in [1.807, 2.05) is 13.0 Å². The highest BCUT2D eigenvalue weighted by Crippen LogP contribution is 2.31. The van der Waals surface area contributed by atoms with Gasteiger partial charge >= 0.3 is 0 Å². The van der Waals surface area contributed by atoms with Crippen LogP contribution in [0.15, 0.2) is 12.1 Å². The van der Waals surface area contributed by atoms with Gasteiger partial charge in [0.15, 0.2) is 0 Å². The Balaban J connectivity index is 3.16. The molecule has 0 spiro atoms. The lowest BCUT2D eigenvalue weighted by molar-refractivity contribution is 0.139. The normalized spacial score (nSPS) is 14.5. The highest BCUT2D eigenvalue weighted by Gasteiger charge is 2.21. The summed E-state index contributed by atoms with van der Waals surface area (Å²) in [5, 5.41) is 13.4. The van der Waals surface area contributed by atoms with Crippen molar-refractivity contribution < 1.29 is 9.84 Å². The van der Waals surface area contributed by atoms with E-state index in [9.17, 15) is 5.11 Å². The SMILES string of the molecule is CNC(c1cc(Cl)c(OC)cc1C)C(O)CN. The summed E-state index contributed by atoms with van der Waals surface area (Å²) in [5.41, 5.74) is 7.41. The van der Waals surface area contributed by atoms with Gasteiger partial charge in [-0.2, -0.15) is 0 Å². The monoisotopic (exact) mass is 258 g/mol. The molecule has 2 unspecified atom stereocenters. The van der Waals surface area contributed by atoms with Gasteiger partial charge in [-0.3, -0.25) is 0 Å². The first kappa shape index (κ1) is 14.3. The Bertz CT molecular complexity index is 385. The average Bonchev–Trinajstić information content (AvgIpc) is 2.33. The zero-order valence-corrected chi connectivity index (χ0v) is 11.1. The van der Waals surface area contributed by atoms with Gasteiger partial charge < -0.3 is 20.9 Å². The van der Waals surface area contributed by atoms with Gasteiger partial charge in [-0.25, -0.2) is 0 Å². The Morgan fingerprint density at radius 2 is 2.18 bits per heavy atom. The largest absolute Gasteiger partial charge is 0.495 e. The van der Waals surface area contributed by atoms with Crippen molar-refractivity contribution in [3.05, 3.63) is 28.3 Å². The molecule has 1 aromatic rings. The highest BCUT2D eigenvalue weighted by molar-refractivity contribution is 6.32. The second-order valence-electron chi connectivity index (χ2n) is 3.91. The molecule has 0 radical (unpaired) electrons. The lowest BCUT2D eigenvalue weighted by Gasteiger charge is -2.24. The standard InChI is InChI=1S/C12H19ClN2O2/c1-7-4-11(17-3)9(13)5-8(7)12(15-2)10(16)6-14/h4-5,10,12,15-16H,6,14H2,1-3H3. The topological polar surface area (TPSA) is 67.5 Å². The molecule has 1 rings (SSSR count). The minimum Gasteiger partial charge on any atom is -0.495 e. The summed E-state index contributed by atoms with van der Waals surface area (Å²) in [4.78, 5) is 0. The summed E-state index contributed by atoms with van der Waals surface area (Å²) < 4.78 is 5.14. The molecular weight excluding hydrogens is 240 g/mol. The molecule has 0 amide bonds. The smallest absolute Gasteiger partial charge is 0.137 e. The Kier molecular flexibility index (Phi) is 5.21. The van der Waals surface area contributed by atoms with E-state index in [0.29, 0.717) is 10.8 Å². The van der Waals surface area contributed by atoms with Gasteiger partial charge in [-0.1, -0.05) is 11.6 Å². The van der Waals surface area contributed by atoms with E-state index >= 15 is 0 Å². The highest BCUT2D eigenvalue weighted by atomic mass is 35.5. The lowest BCUT2D eigenvalue weighted by Crippen LogP contribution is -2.35. The second kappa shape index (κ2) is 6.21. The molecule has 17 heavy (non-hydrogen) atoms.